The number of nitrogens with zero attached hydrogens (tertiary/aromatic N) is 3. The molecule has 0 atom stereocenters. The first-order chi connectivity index (χ1) is 14.8. The van der Waals surface area contributed by atoms with Gasteiger partial charge in [0.2, 0.25) is 0 Å². The van der Waals surface area contributed by atoms with E-state index in [1.807, 2.05) is 33.8 Å². The summed E-state index contributed by atoms with van der Waals surface area (Å²) in [5.74, 6) is 0.0364. The van der Waals surface area contributed by atoms with Crippen molar-refractivity contribution < 1.29 is 4.79 Å². The maximum absolute atomic E-state index is 13.1. The molecule has 31 heavy (non-hydrogen) atoms. The summed E-state index contributed by atoms with van der Waals surface area (Å²) in [6, 6.07) is 17.2. The number of rotatable bonds is 4. The van der Waals surface area contributed by atoms with Crippen LogP contribution < -0.4 is 0 Å². The van der Waals surface area contributed by atoms with E-state index in [9.17, 15) is 4.79 Å². The molecule has 0 radical (unpaired) electrons. The minimum Gasteiger partial charge on any atom is -0.317 e. The van der Waals surface area contributed by atoms with Crippen LogP contribution in [0.25, 0.3) is 22.5 Å². The van der Waals surface area contributed by atoms with Gasteiger partial charge in [0.05, 0.1) is 10.6 Å². The van der Waals surface area contributed by atoms with Gasteiger partial charge in [-0.1, -0.05) is 36.4 Å². The molecule has 0 bridgehead atoms. The Bertz CT molecular complexity index is 1210. The number of hydrogen-bond donors (Lipinski definition) is 0. The maximum Gasteiger partial charge on any atom is 0.266 e. The molecule has 1 aliphatic rings. The van der Waals surface area contributed by atoms with Crippen molar-refractivity contribution in [3.05, 3.63) is 70.4 Å². The van der Waals surface area contributed by atoms with Crippen molar-refractivity contribution in [3.8, 4) is 5.69 Å². The molecule has 2 heterocycles. The van der Waals surface area contributed by atoms with Gasteiger partial charge in [-0.15, -0.1) is 0 Å². The van der Waals surface area contributed by atoms with Gasteiger partial charge in [0.25, 0.3) is 5.91 Å². The number of fused-ring (bicyclic) bond motifs is 1. The summed E-state index contributed by atoms with van der Waals surface area (Å²) >= 11 is 1.48. The summed E-state index contributed by atoms with van der Waals surface area (Å²) in [6.07, 6.45) is 2.02. The van der Waals surface area contributed by atoms with E-state index in [-0.39, 0.29) is 18.0 Å². The van der Waals surface area contributed by atoms with Gasteiger partial charge in [-0.25, -0.2) is 0 Å². The van der Waals surface area contributed by atoms with Gasteiger partial charge >= 0.3 is 0 Å². The van der Waals surface area contributed by atoms with Crippen molar-refractivity contribution in [2.45, 2.75) is 53.6 Å². The normalized spacial score (nSPS) is 17.3. The number of aliphatic imine (C=N–C) groups is 1. The van der Waals surface area contributed by atoms with Crippen LogP contribution in [-0.2, 0) is 4.79 Å². The third-order valence-corrected chi connectivity index (χ3v) is 6.48. The Balaban J connectivity index is 1.79. The smallest absolute Gasteiger partial charge is 0.266 e. The number of carbonyl (C=O) groups excluding carboxylic acids is 1. The lowest BCUT2D eigenvalue weighted by atomic mass is 10.1. The summed E-state index contributed by atoms with van der Waals surface area (Å²) < 4.78 is 2.28. The first-order valence-corrected chi connectivity index (χ1v) is 11.6. The SMILES string of the molecule is Cc1cc(/C=C2/SC(=NC(C)C)N(C(C)C)C2=O)c(C)n1-c1cccc2ccccc12. The molecule has 1 aliphatic heterocycles. The minimum atomic E-state index is 0.0364. The van der Waals surface area contributed by atoms with Gasteiger partial charge in [-0.3, -0.25) is 14.7 Å². The highest BCUT2D eigenvalue weighted by Gasteiger charge is 2.35. The molecule has 0 unspecified atom stereocenters. The molecule has 0 saturated carbocycles. The van der Waals surface area contributed by atoms with Crippen LogP contribution in [0.2, 0.25) is 0 Å². The molecule has 1 fully saturated rings. The van der Waals surface area contributed by atoms with Crippen LogP contribution in [-0.4, -0.2) is 32.6 Å². The summed E-state index contributed by atoms with van der Waals surface area (Å²) in [5.41, 5.74) is 4.50. The fourth-order valence-electron chi connectivity index (χ4n) is 4.10. The third-order valence-electron chi connectivity index (χ3n) is 5.49. The second-order valence-electron chi connectivity index (χ2n) is 8.55. The molecular formula is C26H29N3OS. The number of hydrogen-bond acceptors (Lipinski definition) is 3. The second-order valence-corrected chi connectivity index (χ2v) is 9.55. The molecule has 1 aromatic heterocycles. The lowest BCUT2D eigenvalue weighted by Crippen LogP contribution is -2.35. The second kappa shape index (κ2) is 8.39. The Labute approximate surface area is 188 Å². The molecular weight excluding hydrogens is 402 g/mol. The topological polar surface area (TPSA) is 37.6 Å². The molecule has 1 saturated heterocycles. The van der Waals surface area contributed by atoms with Crippen molar-refractivity contribution in [1.29, 1.82) is 0 Å². The van der Waals surface area contributed by atoms with Crippen LogP contribution in [0.15, 0.2) is 58.4 Å². The number of carbonyl (C=O) groups is 1. The molecule has 160 valence electrons. The van der Waals surface area contributed by atoms with Crippen LogP contribution in [0.5, 0.6) is 0 Å². The lowest BCUT2D eigenvalue weighted by molar-refractivity contribution is -0.123. The van der Waals surface area contributed by atoms with Gasteiger partial charge in [0, 0.05) is 28.9 Å². The van der Waals surface area contributed by atoms with Gasteiger partial charge in [0.1, 0.15) is 0 Å². The zero-order chi connectivity index (χ0) is 22.3. The third kappa shape index (κ3) is 3.94. The number of thioether (sulfide) groups is 1. The number of aromatic nitrogens is 1. The van der Waals surface area contributed by atoms with Crippen LogP contribution >= 0.6 is 11.8 Å². The molecule has 5 heteroatoms. The van der Waals surface area contributed by atoms with Gasteiger partial charge in [0.15, 0.2) is 5.17 Å². The Hall–Kier alpha value is -2.79. The molecule has 2 aromatic carbocycles. The fourth-order valence-corrected chi connectivity index (χ4v) is 5.33. The number of amides is 1. The van der Waals surface area contributed by atoms with E-state index in [1.54, 1.807) is 4.90 Å². The summed E-state index contributed by atoms with van der Waals surface area (Å²) in [7, 11) is 0. The molecule has 1 amide bonds. The predicted octanol–water partition coefficient (Wildman–Crippen LogP) is 6.34. The largest absolute Gasteiger partial charge is 0.317 e. The quantitative estimate of drug-likeness (QED) is 0.452. The van der Waals surface area contributed by atoms with Crippen LogP contribution in [0.4, 0.5) is 0 Å². The molecule has 4 nitrogen and oxygen atoms in total. The molecule has 0 aliphatic carbocycles. The lowest BCUT2D eigenvalue weighted by Gasteiger charge is -2.20. The average molecular weight is 432 g/mol. The Morgan fingerprint density at radius 3 is 2.42 bits per heavy atom. The van der Waals surface area contributed by atoms with Crippen molar-refractivity contribution in [1.82, 2.24) is 9.47 Å². The van der Waals surface area contributed by atoms with Crippen molar-refractivity contribution in [2.75, 3.05) is 0 Å². The fraction of sp³-hybridized carbons (Fsp3) is 0.308. The van der Waals surface area contributed by atoms with Crippen molar-refractivity contribution in [3.63, 3.8) is 0 Å². The van der Waals surface area contributed by atoms with Crippen molar-refractivity contribution >= 4 is 39.7 Å². The van der Waals surface area contributed by atoms with Gasteiger partial charge in [-0.2, -0.15) is 0 Å². The van der Waals surface area contributed by atoms with Gasteiger partial charge in [-0.05, 0) is 82.5 Å². The van der Waals surface area contributed by atoms with E-state index in [0.29, 0.717) is 0 Å². The standard InChI is InChI=1S/C26H29N3OS/c1-16(2)27-26-28(17(3)4)25(30)24(31-26)15-21-14-18(5)29(19(21)6)23-13-9-11-20-10-7-8-12-22(20)23/h7-17H,1-6H3/b24-15+,27-26?. The Morgan fingerprint density at radius 1 is 1.00 bits per heavy atom. The molecule has 0 spiro atoms. The highest BCUT2D eigenvalue weighted by molar-refractivity contribution is 8.18. The first-order valence-electron chi connectivity index (χ1n) is 10.8. The summed E-state index contributed by atoms with van der Waals surface area (Å²) in [6.45, 7) is 12.4. The van der Waals surface area contributed by atoms with Gasteiger partial charge < -0.3 is 4.57 Å². The zero-order valence-electron chi connectivity index (χ0n) is 19.0. The minimum absolute atomic E-state index is 0.0364. The van der Waals surface area contributed by atoms with Crippen LogP contribution in [0, 0.1) is 13.8 Å². The van der Waals surface area contributed by atoms with E-state index in [1.165, 1.54) is 22.5 Å². The van der Waals surface area contributed by atoms with Crippen LogP contribution in [0.3, 0.4) is 0 Å². The van der Waals surface area contributed by atoms with Crippen molar-refractivity contribution in [2.24, 2.45) is 4.99 Å². The summed E-state index contributed by atoms with van der Waals surface area (Å²) in [4.78, 5) is 20.4. The summed E-state index contributed by atoms with van der Waals surface area (Å²) in [5, 5.41) is 3.23. The number of benzene rings is 2. The molecule has 0 N–H and O–H groups in total. The zero-order valence-corrected chi connectivity index (χ0v) is 19.8. The highest BCUT2D eigenvalue weighted by atomic mass is 32.2. The maximum atomic E-state index is 13.1. The monoisotopic (exact) mass is 431 g/mol. The number of aryl methyl sites for hydroxylation is 1. The van der Waals surface area contributed by atoms with E-state index in [2.05, 4.69) is 71.9 Å². The molecule has 4 rings (SSSR count). The highest BCUT2D eigenvalue weighted by Crippen LogP contribution is 2.36. The van der Waals surface area contributed by atoms with E-state index in [0.717, 1.165) is 32.7 Å². The Morgan fingerprint density at radius 2 is 1.71 bits per heavy atom. The first kappa shape index (κ1) is 21.4. The number of amidine groups is 1. The van der Waals surface area contributed by atoms with E-state index < -0.39 is 0 Å². The van der Waals surface area contributed by atoms with Crippen LogP contribution in [0.1, 0.15) is 44.6 Å². The van der Waals surface area contributed by atoms with E-state index >= 15 is 0 Å². The molecule has 3 aromatic rings. The van der Waals surface area contributed by atoms with E-state index in [4.69, 9.17) is 0 Å². The Kier molecular flexibility index (Phi) is 5.80. The predicted molar refractivity (Wildman–Crippen MR) is 133 cm³/mol. The average Bonchev–Trinajstić information content (AvgIpc) is 3.16.